The highest BCUT2D eigenvalue weighted by molar-refractivity contribution is 5.73. The number of hydrogen-bond acceptors (Lipinski definition) is 4. The lowest BCUT2D eigenvalue weighted by atomic mass is 9.88. The number of hydrogen-bond donors (Lipinski definition) is 0. The number of likely N-dealkylation sites (tertiary alicyclic amines) is 1. The summed E-state index contributed by atoms with van der Waals surface area (Å²) in [5.41, 5.74) is 2.13. The van der Waals surface area contributed by atoms with Gasteiger partial charge in [0.25, 0.3) is 0 Å². The topological polar surface area (TPSA) is 49.3 Å². The average molecular weight is 342 g/mol. The molecule has 1 aliphatic rings. The van der Waals surface area contributed by atoms with Crippen molar-refractivity contribution >= 4 is 11.9 Å². The van der Waals surface area contributed by atoms with Crippen LogP contribution in [0.3, 0.4) is 0 Å². The first-order valence-corrected chi connectivity index (χ1v) is 8.52. The predicted molar refractivity (Wildman–Crippen MR) is 96.0 cm³/mol. The van der Waals surface area contributed by atoms with Crippen LogP contribution in [0.15, 0.2) is 30.5 Å². The van der Waals surface area contributed by atoms with Crippen LogP contribution < -0.4 is 4.90 Å². The Morgan fingerprint density at radius 1 is 1.20 bits per heavy atom. The van der Waals surface area contributed by atoms with Crippen LogP contribution in [-0.2, 0) is 4.79 Å². The van der Waals surface area contributed by atoms with Gasteiger partial charge in [-0.2, -0.15) is 0 Å². The van der Waals surface area contributed by atoms with Crippen LogP contribution in [0.1, 0.15) is 31.4 Å². The number of aromatic nitrogens is 2. The Labute approximate surface area is 147 Å². The number of rotatable bonds is 3. The molecule has 1 saturated heterocycles. The second kappa shape index (κ2) is 7.17. The molecule has 0 atom stereocenters. The zero-order valence-electron chi connectivity index (χ0n) is 14.9. The lowest BCUT2D eigenvalue weighted by Gasteiger charge is -2.32. The normalized spacial score (nSPS) is 15.3. The lowest BCUT2D eigenvalue weighted by molar-refractivity contribution is -0.129. The molecule has 1 aromatic carbocycles. The van der Waals surface area contributed by atoms with Crippen molar-refractivity contribution in [1.82, 2.24) is 14.9 Å². The number of piperidine rings is 1. The van der Waals surface area contributed by atoms with Gasteiger partial charge >= 0.3 is 0 Å². The molecule has 2 heterocycles. The molecule has 0 aliphatic carbocycles. The SMILES string of the molecule is CC(=O)N1CCC(c2nc(N(C)C)ncc2-c2ccccc2F)CC1. The van der Waals surface area contributed by atoms with Crippen molar-refractivity contribution in [3.63, 3.8) is 0 Å². The van der Waals surface area contributed by atoms with Crippen LogP contribution in [0.5, 0.6) is 0 Å². The van der Waals surface area contributed by atoms with E-state index in [1.54, 1.807) is 25.3 Å². The molecule has 0 radical (unpaired) electrons. The maximum absolute atomic E-state index is 14.3. The molecule has 0 spiro atoms. The number of anilines is 1. The van der Waals surface area contributed by atoms with Crippen molar-refractivity contribution in [3.8, 4) is 11.1 Å². The van der Waals surface area contributed by atoms with Crippen LogP contribution in [0.25, 0.3) is 11.1 Å². The van der Waals surface area contributed by atoms with Crippen LogP contribution in [0, 0.1) is 5.82 Å². The third kappa shape index (κ3) is 3.62. The van der Waals surface area contributed by atoms with Crippen LogP contribution in [0.4, 0.5) is 10.3 Å². The highest BCUT2D eigenvalue weighted by Gasteiger charge is 2.26. The third-order valence-corrected chi connectivity index (χ3v) is 4.70. The van der Waals surface area contributed by atoms with Crippen molar-refractivity contribution in [2.45, 2.75) is 25.7 Å². The van der Waals surface area contributed by atoms with Gasteiger partial charge in [0.2, 0.25) is 11.9 Å². The minimum absolute atomic E-state index is 0.101. The fraction of sp³-hybridized carbons (Fsp3) is 0.421. The quantitative estimate of drug-likeness (QED) is 0.860. The van der Waals surface area contributed by atoms with Gasteiger partial charge in [0, 0.05) is 57.4 Å². The predicted octanol–water partition coefficient (Wildman–Crippen LogP) is 3.07. The summed E-state index contributed by atoms with van der Waals surface area (Å²) in [6.45, 7) is 3.01. The second-order valence-electron chi connectivity index (χ2n) is 6.62. The molecular formula is C19H23FN4O. The van der Waals surface area contributed by atoms with Gasteiger partial charge in [-0.3, -0.25) is 4.79 Å². The van der Waals surface area contributed by atoms with E-state index in [1.807, 2.05) is 30.0 Å². The van der Waals surface area contributed by atoms with Gasteiger partial charge in [-0.25, -0.2) is 14.4 Å². The fourth-order valence-electron chi connectivity index (χ4n) is 3.27. The maximum atomic E-state index is 14.3. The molecule has 1 amide bonds. The molecule has 5 nitrogen and oxygen atoms in total. The number of halogens is 1. The molecule has 1 aromatic heterocycles. The monoisotopic (exact) mass is 342 g/mol. The summed E-state index contributed by atoms with van der Waals surface area (Å²) >= 11 is 0. The summed E-state index contributed by atoms with van der Waals surface area (Å²) in [5, 5.41) is 0. The summed E-state index contributed by atoms with van der Waals surface area (Å²) in [4.78, 5) is 24.4. The van der Waals surface area contributed by atoms with Crippen LogP contribution in [0.2, 0.25) is 0 Å². The Balaban J connectivity index is 2.00. The Morgan fingerprint density at radius 2 is 1.88 bits per heavy atom. The van der Waals surface area contributed by atoms with E-state index >= 15 is 0 Å². The molecule has 1 aliphatic heterocycles. The van der Waals surface area contributed by atoms with E-state index in [-0.39, 0.29) is 17.6 Å². The largest absolute Gasteiger partial charge is 0.347 e. The molecule has 2 aromatic rings. The van der Waals surface area contributed by atoms with Crippen molar-refractivity contribution in [1.29, 1.82) is 0 Å². The zero-order chi connectivity index (χ0) is 18.0. The highest BCUT2D eigenvalue weighted by Crippen LogP contribution is 2.35. The molecule has 132 valence electrons. The first-order chi connectivity index (χ1) is 12.0. The summed E-state index contributed by atoms with van der Waals surface area (Å²) < 4.78 is 14.3. The number of carbonyl (C=O) groups is 1. The van der Waals surface area contributed by atoms with Crippen molar-refractivity contribution in [3.05, 3.63) is 42.0 Å². The Hall–Kier alpha value is -2.50. The number of benzene rings is 1. The van der Waals surface area contributed by atoms with Crippen molar-refractivity contribution < 1.29 is 9.18 Å². The minimum atomic E-state index is -0.272. The number of amides is 1. The van der Waals surface area contributed by atoms with E-state index < -0.39 is 0 Å². The van der Waals surface area contributed by atoms with Crippen LogP contribution >= 0.6 is 0 Å². The molecule has 0 N–H and O–H groups in total. The fourth-order valence-corrected chi connectivity index (χ4v) is 3.27. The van der Waals surface area contributed by atoms with E-state index in [4.69, 9.17) is 4.98 Å². The van der Waals surface area contributed by atoms with Gasteiger partial charge in [-0.05, 0) is 18.9 Å². The number of carbonyl (C=O) groups excluding carboxylic acids is 1. The van der Waals surface area contributed by atoms with E-state index in [9.17, 15) is 9.18 Å². The molecule has 3 rings (SSSR count). The first-order valence-electron chi connectivity index (χ1n) is 8.52. The molecule has 1 fully saturated rings. The third-order valence-electron chi connectivity index (χ3n) is 4.70. The van der Waals surface area contributed by atoms with Gasteiger partial charge in [-0.15, -0.1) is 0 Å². The van der Waals surface area contributed by atoms with Gasteiger partial charge in [0.1, 0.15) is 5.82 Å². The summed E-state index contributed by atoms with van der Waals surface area (Å²) in [6, 6.07) is 6.72. The average Bonchev–Trinajstić information content (AvgIpc) is 2.62. The molecule has 6 heteroatoms. The number of nitrogens with zero attached hydrogens (tertiary/aromatic N) is 4. The van der Waals surface area contributed by atoms with Crippen molar-refractivity contribution in [2.24, 2.45) is 0 Å². The Kier molecular flexibility index (Phi) is 4.97. The molecule has 0 unspecified atom stereocenters. The van der Waals surface area contributed by atoms with Crippen molar-refractivity contribution in [2.75, 3.05) is 32.1 Å². The smallest absolute Gasteiger partial charge is 0.225 e. The van der Waals surface area contributed by atoms with E-state index in [0.717, 1.165) is 24.1 Å². The molecule has 0 bridgehead atoms. The van der Waals surface area contributed by atoms with E-state index in [1.165, 1.54) is 6.07 Å². The molecule has 0 saturated carbocycles. The summed E-state index contributed by atoms with van der Waals surface area (Å²) in [5.74, 6) is 0.631. The standard InChI is InChI=1S/C19H23FN4O/c1-13(25)24-10-8-14(9-11-24)18-16(12-21-19(22-18)23(2)3)15-6-4-5-7-17(15)20/h4-7,12,14H,8-11H2,1-3H3. The van der Waals surface area contributed by atoms with E-state index in [2.05, 4.69) is 4.98 Å². The molecular weight excluding hydrogens is 319 g/mol. The van der Waals surface area contributed by atoms with Gasteiger partial charge in [0.05, 0.1) is 5.69 Å². The first kappa shape index (κ1) is 17.3. The van der Waals surface area contributed by atoms with Gasteiger partial charge in [0.15, 0.2) is 0 Å². The van der Waals surface area contributed by atoms with E-state index in [0.29, 0.717) is 24.6 Å². The van der Waals surface area contributed by atoms with Gasteiger partial charge in [-0.1, -0.05) is 18.2 Å². The van der Waals surface area contributed by atoms with Crippen LogP contribution in [-0.4, -0.2) is 48.0 Å². The lowest BCUT2D eigenvalue weighted by Crippen LogP contribution is -2.36. The Bertz CT molecular complexity index is 770. The summed E-state index contributed by atoms with van der Waals surface area (Å²) in [6.07, 6.45) is 3.36. The minimum Gasteiger partial charge on any atom is -0.347 e. The summed E-state index contributed by atoms with van der Waals surface area (Å²) in [7, 11) is 3.78. The molecule has 25 heavy (non-hydrogen) atoms. The maximum Gasteiger partial charge on any atom is 0.225 e. The van der Waals surface area contributed by atoms with Gasteiger partial charge < -0.3 is 9.80 Å². The highest BCUT2D eigenvalue weighted by atomic mass is 19.1. The second-order valence-corrected chi connectivity index (χ2v) is 6.62. The Morgan fingerprint density at radius 3 is 2.48 bits per heavy atom. The zero-order valence-corrected chi connectivity index (χ0v) is 14.9.